The molecule has 1 heterocycles. The van der Waals surface area contributed by atoms with Crippen molar-refractivity contribution in [2.75, 3.05) is 13.7 Å². The van der Waals surface area contributed by atoms with E-state index in [0.29, 0.717) is 22.9 Å². The Kier molecular flexibility index (Phi) is 4.60. The first-order valence-corrected chi connectivity index (χ1v) is 6.18. The zero-order valence-corrected chi connectivity index (χ0v) is 11.2. The lowest BCUT2D eigenvalue weighted by Gasteiger charge is -2.13. The van der Waals surface area contributed by atoms with Crippen LogP contribution in [0.2, 0.25) is 5.02 Å². The molecule has 0 aliphatic carbocycles. The maximum atomic E-state index is 11.9. The van der Waals surface area contributed by atoms with Gasteiger partial charge in [-0.05, 0) is 30.3 Å². The topological polar surface area (TPSA) is 51.5 Å². The van der Waals surface area contributed by atoms with Crippen molar-refractivity contribution in [1.29, 1.82) is 0 Å². The standard InChI is InChI=1S/C14H14ClNO3/c1-18-13(12-6-3-7-19-12)9-16-14(17)10-4-2-5-11(15)8-10/h2-8,13H,9H2,1H3,(H,16,17). The third-order valence-electron chi connectivity index (χ3n) is 2.68. The van der Waals surface area contributed by atoms with E-state index in [1.165, 1.54) is 0 Å². The molecule has 100 valence electrons. The quantitative estimate of drug-likeness (QED) is 0.915. The molecule has 19 heavy (non-hydrogen) atoms. The second kappa shape index (κ2) is 6.41. The Labute approximate surface area is 116 Å². The number of carbonyl (C=O) groups excluding carboxylic acids is 1. The molecule has 1 unspecified atom stereocenters. The Morgan fingerprint density at radius 3 is 2.89 bits per heavy atom. The van der Waals surface area contributed by atoms with Crippen LogP contribution >= 0.6 is 11.6 Å². The molecule has 0 fully saturated rings. The largest absolute Gasteiger partial charge is 0.467 e. The fraction of sp³-hybridized carbons (Fsp3) is 0.214. The number of halogens is 1. The predicted octanol–water partition coefficient (Wildman–Crippen LogP) is 3.05. The van der Waals surface area contributed by atoms with E-state index in [2.05, 4.69) is 5.32 Å². The average molecular weight is 280 g/mol. The van der Waals surface area contributed by atoms with Gasteiger partial charge in [-0.25, -0.2) is 0 Å². The normalized spacial score (nSPS) is 12.1. The van der Waals surface area contributed by atoms with Crippen molar-refractivity contribution in [2.45, 2.75) is 6.10 Å². The molecule has 4 nitrogen and oxygen atoms in total. The van der Waals surface area contributed by atoms with Gasteiger partial charge in [0.1, 0.15) is 11.9 Å². The van der Waals surface area contributed by atoms with E-state index in [1.54, 1.807) is 49.8 Å². The van der Waals surface area contributed by atoms with Crippen LogP contribution in [0.25, 0.3) is 0 Å². The van der Waals surface area contributed by atoms with Crippen LogP contribution in [-0.4, -0.2) is 19.6 Å². The molecule has 0 aliphatic heterocycles. The highest BCUT2D eigenvalue weighted by molar-refractivity contribution is 6.30. The van der Waals surface area contributed by atoms with Crippen LogP contribution in [0.15, 0.2) is 47.1 Å². The van der Waals surface area contributed by atoms with Crippen molar-refractivity contribution in [3.8, 4) is 0 Å². The van der Waals surface area contributed by atoms with Gasteiger partial charge in [-0.2, -0.15) is 0 Å². The van der Waals surface area contributed by atoms with Crippen LogP contribution in [0.4, 0.5) is 0 Å². The summed E-state index contributed by atoms with van der Waals surface area (Å²) < 4.78 is 10.5. The molecular formula is C14H14ClNO3. The van der Waals surface area contributed by atoms with Crippen molar-refractivity contribution >= 4 is 17.5 Å². The summed E-state index contributed by atoms with van der Waals surface area (Å²) in [5, 5.41) is 3.31. The van der Waals surface area contributed by atoms with Gasteiger partial charge in [-0.1, -0.05) is 17.7 Å². The first-order chi connectivity index (χ1) is 9.20. The highest BCUT2D eigenvalue weighted by Gasteiger charge is 2.15. The number of amides is 1. The second-order valence-electron chi connectivity index (χ2n) is 3.96. The van der Waals surface area contributed by atoms with Gasteiger partial charge < -0.3 is 14.5 Å². The number of hydrogen-bond donors (Lipinski definition) is 1. The highest BCUT2D eigenvalue weighted by Crippen LogP contribution is 2.16. The first-order valence-electron chi connectivity index (χ1n) is 5.80. The molecule has 0 radical (unpaired) electrons. The Hall–Kier alpha value is -1.78. The summed E-state index contributed by atoms with van der Waals surface area (Å²) in [5.41, 5.74) is 0.516. The molecule has 5 heteroatoms. The summed E-state index contributed by atoms with van der Waals surface area (Å²) in [4.78, 5) is 11.9. The van der Waals surface area contributed by atoms with Crippen molar-refractivity contribution in [2.24, 2.45) is 0 Å². The van der Waals surface area contributed by atoms with Gasteiger partial charge in [0.15, 0.2) is 0 Å². The number of ether oxygens (including phenoxy) is 1. The molecule has 1 atom stereocenters. The van der Waals surface area contributed by atoms with Crippen LogP contribution < -0.4 is 5.32 Å². The fourth-order valence-corrected chi connectivity index (χ4v) is 1.88. The van der Waals surface area contributed by atoms with Crippen molar-refractivity contribution in [3.63, 3.8) is 0 Å². The third-order valence-corrected chi connectivity index (χ3v) is 2.91. The Morgan fingerprint density at radius 1 is 1.42 bits per heavy atom. The summed E-state index contributed by atoms with van der Waals surface area (Å²) in [5.74, 6) is 0.477. The summed E-state index contributed by atoms with van der Waals surface area (Å²) >= 11 is 5.84. The molecule has 2 aromatic rings. The van der Waals surface area contributed by atoms with E-state index >= 15 is 0 Å². The number of benzene rings is 1. The van der Waals surface area contributed by atoms with Crippen LogP contribution in [-0.2, 0) is 4.74 Å². The lowest BCUT2D eigenvalue weighted by atomic mass is 10.2. The molecular weight excluding hydrogens is 266 g/mol. The first kappa shape index (κ1) is 13.6. The maximum Gasteiger partial charge on any atom is 0.251 e. The third kappa shape index (κ3) is 3.59. The van der Waals surface area contributed by atoms with Gasteiger partial charge in [0, 0.05) is 17.7 Å². The number of hydrogen-bond acceptors (Lipinski definition) is 3. The Morgan fingerprint density at radius 2 is 2.26 bits per heavy atom. The number of methoxy groups -OCH3 is 1. The number of nitrogens with one attached hydrogen (secondary N) is 1. The van der Waals surface area contributed by atoms with Gasteiger partial charge in [-0.15, -0.1) is 0 Å². The van der Waals surface area contributed by atoms with Crippen LogP contribution in [0, 0.1) is 0 Å². The van der Waals surface area contributed by atoms with Crippen LogP contribution in [0.3, 0.4) is 0 Å². The number of rotatable bonds is 5. The zero-order valence-electron chi connectivity index (χ0n) is 10.4. The van der Waals surface area contributed by atoms with Gasteiger partial charge in [-0.3, -0.25) is 4.79 Å². The van der Waals surface area contributed by atoms with E-state index in [9.17, 15) is 4.79 Å². The minimum atomic E-state index is -0.307. The van der Waals surface area contributed by atoms with Crippen molar-refractivity contribution in [1.82, 2.24) is 5.32 Å². The summed E-state index contributed by atoms with van der Waals surface area (Å²) in [6.07, 6.45) is 1.26. The highest BCUT2D eigenvalue weighted by atomic mass is 35.5. The molecule has 0 saturated heterocycles. The molecule has 0 saturated carbocycles. The van der Waals surface area contributed by atoms with Gasteiger partial charge >= 0.3 is 0 Å². The molecule has 1 amide bonds. The smallest absolute Gasteiger partial charge is 0.251 e. The van der Waals surface area contributed by atoms with Crippen molar-refractivity contribution in [3.05, 3.63) is 59.0 Å². The van der Waals surface area contributed by atoms with Gasteiger partial charge in [0.25, 0.3) is 5.91 Å². The lowest BCUT2D eigenvalue weighted by molar-refractivity contribution is 0.0738. The monoisotopic (exact) mass is 279 g/mol. The van der Waals surface area contributed by atoms with E-state index < -0.39 is 0 Å². The SMILES string of the molecule is COC(CNC(=O)c1cccc(Cl)c1)c1ccco1. The zero-order chi connectivity index (χ0) is 13.7. The molecule has 0 bridgehead atoms. The van der Waals surface area contributed by atoms with Crippen molar-refractivity contribution < 1.29 is 13.9 Å². The average Bonchev–Trinajstić information content (AvgIpc) is 2.93. The maximum absolute atomic E-state index is 11.9. The van der Waals surface area contributed by atoms with E-state index in [1.807, 2.05) is 0 Å². The molecule has 0 spiro atoms. The van der Waals surface area contributed by atoms with Crippen LogP contribution in [0.1, 0.15) is 22.2 Å². The van der Waals surface area contributed by atoms with E-state index in [-0.39, 0.29) is 12.0 Å². The summed E-state index contributed by atoms with van der Waals surface area (Å²) in [6.45, 7) is 0.329. The number of furan rings is 1. The predicted molar refractivity (Wildman–Crippen MR) is 72.2 cm³/mol. The minimum absolute atomic E-state index is 0.198. The lowest BCUT2D eigenvalue weighted by Crippen LogP contribution is -2.28. The Balaban J connectivity index is 1.96. The number of carbonyl (C=O) groups is 1. The molecule has 1 aromatic heterocycles. The molecule has 1 aromatic carbocycles. The van der Waals surface area contributed by atoms with E-state index in [4.69, 9.17) is 20.8 Å². The van der Waals surface area contributed by atoms with Gasteiger partial charge in [0.05, 0.1) is 12.8 Å². The Bertz CT molecular complexity index is 539. The second-order valence-corrected chi connectivity index (χ2v) is 4.40. The fourth-order valence-electron chi connectivity index (χ4n) is 1.69. The summed E-state index contributed by atoms with van der Waals surface area (Å²) in [7, 11) is 1.57. The van der Waals surface area contributed by atoms with Crippen LogP contribution in [0.5, 0.6) is 0 Å². The minimum Gasteiger partial charge on any atom is -0.467 e. The molecule has 1 N–H and O–H groups in total. The molecule has 2 rings (SSSR count). The van der Waals surface area contributed by atoms with E-state index in [0.717, 1.165) is 0 Å². The molecule has 0 aliphatic rings. The van der Waals surface area contributed by atoms with Gasteiger partial charge in [0.2, 0.25) is 0 Å². The summed E-state index contributed by atoms with van der Waals surface area (Å²) in [6, 6.07) is 10.4.